The molecule has 7 nitrogen and oxygen atoms in total. The second-order valence-electron chi connectivity index (χ2n) is 7.85. The Bertz CT molecular complexity index is 901. The summed E-state index contributed by atoms with van der Waals surface area (Å²) < 4.78 is 0. The van der Waals surface area contributed by atoms with Gasteiger partial charge in [-0.1, -0.05) is 19.4 Å². The molecule has 0 radical (unpaired) electrons. The van der Waals surface area contributed by atoms with Gasteiger partial charge < -0.3 is 20.2 Å². The Balaban J connectivity index is 1.63. The van der Waals surface area contributed by atoms with Gasteiger partial charge in [0.15, 0.2) is 0 Å². The maximum atomic E-state index is 11.9. The van der Waals surface area contributed by atoms with E-state index in [4.69, 9.17) is 9.97 Å². The van der Waals surface area contributed by atoms with Crippen LogP contribution in [0.2, 0.25) is 0 Å². The molecule has 29 heavy (non-hydrogen) atoms. The van der Waals surface area contributed by atoms with Crippen molar-refractivity contribution >= 4 is 29.0 Å². The standard InChI is InChI=1S/C22H29N5O2/c1-3-5-17-13-21(27-10-4-6-19(27)14-28)25-22(23-17)24-18-8-7-16-9-11-26(15(2)29)20(16)12-18/h7-8,12-13,19,28H,3-6,9-11,14H2,1-2H3,(H,23,24,25). The first-order valence-corrected chi connectivity index (χ1v) is 10.5. The largest absolute Gasteiger partial charge is 0.394 e. The number of fused-ring (bicyclic) bond motifs is 1. The van der Waals surface area contributed by atoms with Gasteiger partial charge in [0.05, 0.1) is 12.6 Å². The summed E-state index contributed by atoms with van der Waals surface area (Å²) in [7, 11) is 0. The molecule has 1 aromatic heterocycles. The van der Waals surface area contributed by atoms with Crippen LogP contribution in [0.5, 0.6) is 0 Å². The van der Waals surface area contributed by atoms with Crippen LogP contribution < -0.4 is 15.1 Å². The lowest BCUT2D eigenvalue weighted by Gasteiger charge is -2.25. The van der Waals surface area contributed by atoms with E-state index in [1.807, 2.05) is 23.1 Å². The Kier molecular flexibility index (Phi) is 5.67. The molecular formula is C22H29N5O2. The zero-order valence-electron chi connectivity index (χ0n) is 17.2. The van der Waals surface area contributed by atoms with Gasteiger partial charge in [0, 0.05) is 43.1 Å². The molecule has 1 saturated heterocycles. The van der Waals surface area contributed by atoms with Gasteiger partial charge in [0.1, 0.15) is 5.82 Å². The Morgan fingerprint density at radius 2 is 2.14 bits per heavy atom. The number of nitrogens with zero attached hydrogens (tertiary/aromatic N) is 4. The summed E-state index contributed by atoms with van der Waals surface area (Å²) >= 11 is 0. The average Bonchev–Trinajstić information content (AvgIpc) is 3.34. The molecule has 2 N–H and O–H groups in total. The van der Waals surface area contributed by atoms with Crippen LogP contribution in [0.4, 0.5) is 23.1 Å². The summed E-state index contributed by atoms with van der Waals surface area (Å²) in [5.41, 5.74) is 4.02. The Hall–Kier alpha value is -2.67. The molecule has 1 aromatic carbocycles. The SMILES string of the molecule is CCCc1cc(N2CCCC2CO)nc(Nc2ccc3c(c2)N(C(C)=O)CC3)n1. The number of nitrogens with one attached hydrogen (secondary N) is 1. The molecule has 2 aliphatic heterocycles. The second-order valence-corrected chi connectivity index (χ2v) is 7.85. The third kappa shape index (κ3) is 4.05. The minimum absolute atomic E-state index is 0.0634. The number of carbonyl (C=O) groups excluding carboxylic acids is 1. The van der Waals surface area contributed by atoms with Crippen molar-refractivity contribution in [2.24, 2.45) is 0 Å². The van der Waals surface area contributed by atoms with Gasteiger partial charge in [0.2, 0.25) is 11.9 Å². The van der Waals surface area contributed by atoms with Crippen molar-refractivity contribution in [2.75, 3.05) is 34.8 Å². The van der Waals surface area contributed by atoms with E-state index in [-0.39, 0.29) is 18.6 Å². The first kappa shape index (κ1) is 19.6. The summed E-state index contributed by atoms with van der Waals surface area (Å²) in [6.07, 6.45) is 4.82. The van der Waals surface area contributed by atoms with E-state index >= 15 is 0 Å². The summed E-state index contributed by atoms with van der Waals surface area (Å²) in [6, 6.07) is 8.26. The minimum atomic E-state index is 0.0634. The topological polar surface area (TPSA) is 81.6 Å². The smallest absolute Gasteiger partial charge is 0.229 e. The number of carbonyl (C=O) groups is 1. The molecule has 2 aromatic rings. The molecule has 4 rings (SSSR count). The summed E-state index contributed by atoms with van der Waals surface area (Å²) in [4.78, 5) is 25.4. The third-order valence-electron chi connectivity index (χ3n) is 5.77. The fraction of sp³-hybridized carbons (Fsp3) is 0.500. The molecular weight excluding hydrogens is 366 g/mol. The van der Waals surface area contributed by atoms with Crippen molar-refractivity contribution in [1.82, 2.24) is 9.97 Å². The van der Waals surface area contributed by atoms with E-state index in [2.05, 4.69) is 23.2 Å². The second kappa shape index (κ2) is 8.37. The molecule has 1 unspecified atom stereocenters. The average molecular weight is 396 g/mol. The van der Waals surface area contributed by atoms with Gasteiger partial charge >= 0.3 is 0 Å². The number of anilines is 4. The van der Waals surface area contributed by atoms with Crippen LogP contribution in [0.3, 0.4) is 0 Å². The number of aromatic nitrogens is 2. The van der Waals surface area contributed by atoms with Crippen LogP contribution >= 0.6 is 0 Å². The zero-order chi connectivity index (χ0) is 20.4. The molecule has 154 valence electrons. The highest BCUT2D eigenvalue weighted by molar-refractivity contribution is 5.94. The van der Waals surface area contributed by atoms with E-state index in [9.17, 15) is 9.90 Å². The maximum Gasteiger partial charge on any atom is 0.229 e. The molecule has 1 amide bonds. The monoisotopic (exact) mass is 395 g/mol. The van der Waals surface area contributed by atoms with Crippen molar-refractivity contribution < 1.29 is 9.90 Å². The van der Waals surface area contributed by atoms with Crippen molar-refractivity contribution in [1.29, 1.82) is 0 Å². The van der Waals surface area contributed by atoms with E-state index in [0.29, 0.717) is 5.95 Å². The van der Waals surface area contributed by atoms with Gasteiger partial charge in [-0.2, -0.15) is 4.98 Å². The third-order valence-corrected chi connectivity index (χ3v) is 5.77. The molecule has 1 fully saturated rings. The van der Waals surface area contributed by atoms with Crippen LogP contribution in [0.15, 0.2) is 24.3 Å². The molecule has 0 aliphatic carbocycles. The van der Waals surface area contributed by atoms with Crippen LogP contribution in [-0.4, -0.2) is 46.7 Å². The van der Waals surface area contributed by atoms with Crippen molar-refractivity contribution in [3.8, 4) is 0 Å². The van der Waals surface area contributed by atoms with E-state index in [0.717, 1.165) is 68.1 Å². The van der Waals surface area contributed by atoms with E-state index < -0.39 is 0 Å². The number of hydrogen-bond acceptors (Lipinski definition) is 6. The van der Waals surface area contributed by atoms with E-state index in [1.54, 1.807) is 6.92 Å². The normalized spacial score (nSPS) is 18.2. The number of rotatable bonds is 6. The van der Waals surface area contributed by atoms with Gasteiger partial charge in [0.25, 0.3) is 0 Å². The van der Waals surface area contributed by atoms with Gasteiger partial charge in [-0.15, -0.1) is 0 Å². The zero-order valence-corrected chi connectivity index (χ0v) is 17.2. The van der Waals surface area contributed by atoms with Crippen LogP contribution in [0.1, 0.15) is 44.4 Å². The predicted molar refractivity (Wildman–Crippen MR) is 115 cm³/mol. The molecule has 0 spiro atoms. The number of aliphatic hydroxyl groups is 1. The lowest BCUT2D eigenvalue weighted by molar-refractivity contribution is -0.116. The highest BCUT2D eigenvalue weighted by Crippen LogP contribution is 2.32. The van der Waals surface area contributed by atoms with Gasteiger partial charge in [-0.05, 0) is 43.4 Å². The van der Waals surface area contributed by atoms with Crippen LogP contribution in [0.25, 0.3) is 0 Å². The van der Waals surface area contributed by atoms with E-state index in [1.165, 1.54) is 5.56 Å². The Labute approximate surface area is 171 Å². The quantitative estimate of drug-likeness (QED) is 0.782. The molecule has 7 heteroatoms. The summed E-state index contributed by atoms with van der Waals surface area (Å²) in [5, 5.41) is 13.0. The lowest BCUT2D eigenvalue weighted by atomic mass is 10.1. The van der Waals surface area contributed by atoms with Gasteiger partial charge in [-0.25, -0.2) is 4.98 Å². The van der Waals surface area contributed by atoms with Crippen LogP contribution in [-0.2, 0) is 17.6 Å². The Morgan fingerprint density at radius 1 is 1.28 bits per heavy atom. The minimum Gasteiger partial charge on any atom is -0.394 e. The number of amides is 1. The number of benzene rings is 1. The Morgan fingerprint density at radius 3 is 2.90 bits per heavy atom. The summed E-state index contributed by atoms with van der Waals surface area (Å²) in [5.74, 6) is 1.49. The fourth-order valence-electron chi connectivity index (χ4n) is 4.31. The molecule has 0 bridgehead atoms. The van der Waals surface area contributed by atoms with Crippen molar-refractivity contribution in [3.05, 3.63) is 35.5 Å². The van der Waals surface area contributed by atoms with Crippen molar-refractivity contribution in [3.63, 3.8) is 0 Å². The fourth-order valence-corrected chi connectivity index (χ4v) is 4.31. The highest BCUT2D eigenvalue weighted by Gasteiger charge is 2.26. The molecule has 1 atom stereocenters. The van der Waals surface area contributed by atoms with Crippen molar-refractivity contribution in [2.45, 2.75) is 52.0 Å². The molecule has 3 heterocycles. The maximum absolute atomic E-state index is 11.9. The summed E-state index contributed by atoms with van der Waals surface area (Å²) in [6.45, 7) is 5.52. The first-order chi connectivity index (χ1) is 14.1. The number of aryl methyl sites for hydroxylation is 1. The number of aliphatic hydroxyl groups excluding tert-OH is 1. The lowest BCUT2D eigenvalue weighted by Crippen LogP contribution is -2.33. The number of hydrogen-bond donors (Lipinski definition) is 2. The molecule has 2 aliphatic rings. The van der Waals surface area contributed by atoms with Gasteiger partial charge in [-0.3, -0.25) is 4.79 Å². The highest BCUT2D eigenvalue weighted by atomic mass is 16.3. The first-order valence-electron chi connectivity index (χ1n) is 10.5. The molecule has 0 saturated carbocycles. The van der Waals surface area contributed by atoms with Crippen LogP contribution in [0, 0.1) is 0 Å². The predicted octanol–water partition coefficient (Wildman–Crippen LogP) is 3.04.